The SMILES string of the molecule is O=C(NC[C@@H](O)c1ccc(F)cc1F)c1ccc(=O)[nH]c1. The molecule has 3 N–H and O–H groups in total. The molecule has 5 nitrogen and oxygen atoms in total. The molecule has 7 heteroatoms. The quantitative estimate of drug-likeness (QED) is 0.790. The number of hydrogen-bond donors (Lipinski definition) is 3. The number of nitrogens with one attached hydrogen (secondary N) is 2. The van der Waals surface area contributed by atoms with Crippen molar-refractivity contribution in [3.8, 4) is 0 Å². The highest BCUT2D eigenvalue weighted by molar-refractivity contribution is 5.93. The van der Waals surface area contributed by atoms with Gasteiger partial charge < -0.3 is 15.4 Å². The standard InChI is InChI=1S/C14H12F2N2O3/c15-9-2-3-10(11(16)5-9)12(19)7-18-14(21)8-1-4-13(20)17-6-8/h1-6,12,19H,7H2,(H,17,20)(H,18,21)/t12-/m1/s1. The van der Waals surface area contributed by atoms with Crippen LogP contribution in [0.15, 0.2) is 41.3 Å². The number of rotatable bonds is 4. The summed E-state index contributed by atoms with van der Waals surface area (Å²) in [5.41, 5.74) is -0.264. The molecule has 1 amide bonds. The van der Waals surface area contributed by atoms with Crippen molar-refractivity contribution in [2.45, 2.75) is 6.10 Å². The number of aromatic nitrogens is 1. The molecular weight excluding hydrogens is 282 g/mol. The first-order valence-electron chi connectivity index (χ1n) is 6.07. The Morgan fingerprint density at radius 1 is 1.29 bits per heavy atom. The van der Waals surface area contributed by atoms with Gasteiger partial charge in [0.2, 0.25) is 5.56 Å². The first-order chi connectivity index (χ1) is 9.97. The highest BCUT2D eigenvalue weighted by Gasteiger charge is 2.15. The molecule has 2 rings (SSSR count). The molecule has 0 saturated heterocycles. The molecular formula is C14H12F2N2O3. The number of aliphatic hydroxyl groups is 1. The third-order valence-electron chi connectivity index (χ3n) is 2.82. The second-order valence-electron chi connectivity index (χ2n) is 4.33. The van der Waals surface area contributed by atoms with Crippen LogP contribution in [0.1, 0.15) is 22.0 Å². The maximum absolute atomic E-state index is 13.4. The van der Waals surface area contributed by atoms with E-state index < -0.39 is 23.6 Å². The topological polar surface area (TPSA) is 82.2 Å². The maximum atomic E-state index is 13.4. The summed E-state index contributed by atoms with van der Waals surface area (Å²) in [7, 11) is 0. The lowest BCUT2D eigenvalue weighted by Crippen LogP contribution is -2.29. The first-order valence-corrected chi connectivity index (χ1v) is 6.07. The van der Waals surface area contributed by atoms with Crippen molar-refractivity contribution in [1.82, 2.24) is 10.3 Å². The Hall–Kier alpha value is -2.54. The zero-order valence-electron chi connectivity index (χ0n) is 10.8. The van der Waals surface area contributed by atoms with E-state index >= 15 is 0 Å². The fourth-order valence-corrected chi connectivity index (χ4v) is 1.72. The van der Waals surface area contributed by atoms with Crippen LogP contribution in [0, 0.1) is 11.6 Å². The van der Waals surface area contributed by atoms with Gasteiger partial charge >= 0.3 is 0 Å². The van der Waals surface area contributed by atoms with E-state index in [9.17, 15) is 23.5 Å². The first kappa shape index (κ1) is 14.9. The molecule has 1 atom stereocenters. The molecule has 1 heterocycles. The van der Waals surface area contributed by atoms with Crippen LogP contribution in [0.25, 0.3) is 0 Å². The maximum Gasteiger partial charge on any atom is 0.252 e. The van der Waals surface area contributed by atoms with Crippen molar-refractivity contribution >= 4 is 5.91 Å². The summed E-state index contributed by atoms with van der Waals surface area (Å²) in [6.45, 7) is -0.249. The van der Waals surface area contributed by atoms with E-state index in [0.29, 0.717) is 6.07 Å². The molecule has 0 bridgehead atoms. The second-order valence-corrected chi connectivity index (χ2v) is 4.33. The van der Waals surface area contributed by atoms with Crippen LogP contribution in [-0.2, 0) is 0 Å². The zero-order chi connectivity index (χ0) is 15.4. The molecule has 0 aliphatic rings. The highest BCUT2D eigenvalue weighted by atomic mass is 19.1. The van der Waals surface area contributed by atoms with Crippen molar-refractivity contribution in [1.29, 1.82) is 0 Å². The third kappa shape index (κ3) is 3.73. The van der Waals surface area contributed by atoms with Crippen LogP contribution in [0.2, 0.25) is 0 Å². The summed E-state index contributed by atoms with van der Waals surface area (Å²) < 4.78 is 26.2. The van der Waals surface area contributed by atoms with Crippen LogP contribution in [0.5, 0.6) is 0 Å². The van der Waals surface area contributed by atoms with Gasteiger partial charge in [-0.2, -0.15) is 0 Å². The van der Waals surface area contributed by atoms with E-state index in [2.05, 4.69) is 10.3 Å². The van der Waals surface area contributed by atoms with Crippen molar-refractivity contribution in [3.63, 3.8) is 0 Å². The Morgan fingerprint density at radius 3 is 2.67 bits per heavy atom. The Labute approximate surface area is 118 Å². The molecule has 0 fully saturated rings. The molecule has 1 aromatic heterocycles. The average Bonchev–Trinajstić information content (AvgIpc) is 2.45. The summed E-state index contributed by atoms with van der Waals surface area (Å²) in [5, 5.41) is 12.2. The lowest BCUT2D eigenvalue weighted by atomic mass is 10.1. The minimum atomic E-state index is -1.31. The highest BCUT2D eigenvalue weighted by Crippen LogP contribution is 2.17. The number of amides is 1. The zero-order valence-corrected chi connectivity index (χ0v) is 10.8. The number of carbonyl (C=O) groups is 1. The molecule has 21 heavy (non-hydrogen) atoms. The van der Waals surface area contributed by atoms with Crippen molar-refractivity contribution in [3.05, 3.63) is 69.6 Å². The van der Waals surface area contributed by atoms with E-state index in [1.807, 2.05) is 0 Å². The lowest BCUT2D eigenvalue weighted by molar-refractivity contribution is 0.0913. The normalized spacial score (nSPS) is 12.0. The van der Waals surface area contributed by atoms with Gasteiger partial charge in [-0.05, 0) is 12.1 Å². The Balaban J connectivity index is 2.00. The van der Waals surface area contributed by atoms with E-state index in [4.69, 9.17) is 0 Å². The van der Waals surface area contributed by atoms with Gasteiger partial charge in [-0.15, -0.1) is 0 Å². The van der Waals surface area contributed by atoms with Crippen molar-refractivity contribution in [2.75, 3.05) is 6.54 Å². The van der Waals surface area contributed by atoms with Crippen molar-refractivity contribution < 1.29 is 18.7 Å². The van der Waals surface area contributed by atoms with Crippen LogP contribution < -0.4 is 10.9 Å². The summed E-state index contributed by atoms with van der Waals surface area (Å²) in [6.07, 6.45) is -0.0833. The minimum absolute atomic E-state index is 0.113. The number of pyridine rings is 1. The summed E-state index contributed by atoms with van der Waals surface area (Å²) in [6, 6.07) is 5.29. The number of hydrogen-bond acceptors (Lipinski definition) is 3. The van der Waals surface area contributed by atoms with Crippen LogP contribution in [0.4, 0.5) is 8.78 Å². The predicted octanol–water partition coefficient (Wildman–Crippen LogP) is 1.12. The second kappa shape index (κ2) is 6.27. The predicted molar refractivity (Wildman–Crippen MR) is 70.7 cm³/mol. The molecule has 0 unspecified atom stereocenters. The number of aliphatic hydroxyl groups excluding tert-OH is 1. The Morgan fingerprint density at radius 2 is 2.05 bits per heavy atom. The molecule has 0 radical (unpaired) electrons. The summed E-state index contributed by atoms with van der Waals surface area (Å²) in [5.74, 6) is -2.17. The summed E-state index contributed by atoms with van der Waals surface area (Å²) in [4.78, 5) is 24.9. The van der Waals surface area contributed by atoms with Gasteiger partial charge in [-0.3, -0.25) is 9.59 Å². The largest absolute Gasteiger partial charge is 0.386 e. The number of carbonyl (C=O) groups excluding carboxylic acids is 1. The van der Waals surface area contributed by atoms with Gasteiger partial charge in [-0.1, -0.05) is 6.07 Å². The molecule has 110 valence electrons. The molecule has 0 aliphatic heterocycles. The summed E-state index contributed by atoms with van der Waals surface area (Å²) >= 11 is 0. The van der Waals surface area contributed by atoms with Gasteiger partial charge in [0.1, 0.15) is 11.6 Å². The van der Waals surface area contributed by atoms with Crippen molar-refractivity contribution in [2.24, 2.45) is 0 Å². The third-order valence-corrected chi connectivity index (χ3v) is 2.82. The smallest absolute Gasteiger partial charge is 0.252 e. The van der Waals surface area contributed by atoms with E-state index in [-0.39, 0.29) is 23.2 Å². The number of halogens is 2. The number of aromatic amines is 1. The molecule has 2 aromatic rings. The number of benzene rings is 1. The van der Waals surface area contributed by atoms with Crippen LogP contribution >= 0.6 is 0 Å². The van der Waals surface area contributed by atoms with E-state index in [0.717, 1.165) is 12.1 Å². The lowest BCUT2D eigenvalue weighted by Gasteiger charge is -2.13. The van der Waals surface area contributed by atoms with Crippen LogP contribution in [-0.4, -0.2) is 22.5 Å². The van der Waals surface area contributed by atoms with Gasteiger partial charge in [0.15, 0.2) is 0 Å². The van der Waals surface area contributed by atoms with Gasteiger partial charge in [0, 0.05) is 30.4 Å². The molecule has 1 aromatic carbocycles. The molecule has 0 saturated carbocycles. The fraction of sp³-hybridized carbons (Fsp3) is 0.143. The van der Waals surface area contributed by atoms with Gasteiger partial charge in [0.05, 0.1) is 11.7 Å². The van der Waals surface area contributed by atoms with Gasteiger partial charge in [-0.25, -0.2) is 8.78 Å². The van der Waals surface area contributed by atoms with E-state index in [1.54, 1.807) is 0 Å². The number of H-pyrrole nitrogens is 1. The van der Waals surface area contributed by atoms with E-state index in [1.165, 1.54) is 18.3 Å². The fourth-order valence-electron chi connectivity index (χ4n) is 1.72. The van der Waals surface area contributed by atoms with Gasteiger partial charge in [0.25, 0.3) is 5.91 Å². The Bertz CT molecular complexity index is 695. The minimum Gasteiger partial charge on any atom is -0.386 e. The Kier molecular flexibility index (Phi) is 4.44. The van der Waals surface area contributed by atoms with Crippen LogP contribution in [0.3, 0.4) is 0 Å². The molecule has 0 aliphatic carbocycles. The average molecular weight is 294 g/mol. The monoisotopic (exact) mass is 294 g/mol. The molecule has 0 spiro atoms.